The number of benzene rings is 7. The molecule has 0 saturated carbocycles. The minimum Gasteiger partial charge on any atom is -0.455 e. The number of para-hydroxylation sites is 2. The predicted octanol–water partition coefficient (Wildman–Crippen LogP) is 11.1. The highest BCUT2D eigenvalue weighted by Crippen LogP contribution is 2.42. The molecule has 2 aromatic heterocycles. The van der Waals surface area contributed by atoms with Crippen LogP contribution in [0.3, 0.4) is 0 Å². The van der Waals surface area contributed by atoms with Crippen molar-refractivity contribution in [3.63, 3.8) is 0 Å². The molecule has 0 N–H and O–H groups in total. The van der Waals surface area contributed by atoms with Gasteiger partial charge in [0, 0.05) is 27.6 Å². The largest absolute Gasteiger partial charge is 0.455 e. The highest BCUT2D eigenvalue weighted by atomic mass is 16.3. The van der Waals surface area contributed by atoms with Gasteiger partial charge in [-0.05, 0) is 69.9 Å². The molecule has 7 aromatic carbocycles. The number of hydrogen-bond acceptors (Lipinski definition) is 2. The zero-order chi connectivity index (χ0) is 29.0. The Morgan fingerprint density at radius 2 is 1.16 bits per heavy atom. The first-order valence-electron chi connectivity index (χ1n) is 14.9. The summed E-state index contributed by atoms with van der Waals surface area (Å²) in [5, 5.41) is 4.66. The van der Waals surface area contributed by atoms with E-state index in [-0.39, 0.29) is 0 Å². The first kappa shape index (κ1) is 24.6. The Morgan fingerprint density at radius 1 is 0.477 bits per heavy atom. The molecular weight excluding hydrogens is 536 g/mol. The minimum absolute atomic E-state index is 0.906. The van der Waals surface area contributed by atoms with E-state index in [1.54, 1.807) is 0 Å². The Bertz CT molecular complexity index is 2490. The Hall–Kier alpha value is -5.93. The molecule has 0 spiro atoms. The molecule has 0 aliphatic rings. The van der Waals surface area contributed by atoms with Gasteiger partial charge in [-0.3, -0.25) is 4.57 Å². The van der Waals surface area contributed by atoms with E-state index in [0.717, 1.165) is 72.3 Å². The Balaban J connectivity index is 1.24. The van der Waals surface area contributed by atoms with Crippen molar-refractivity contribution in [1.29, 1.82) is 0 Å². The van der Waals surface area contributed by atoms with Gasteiger partial charge >= 0.3 is 0 Å². The maximum absolute atomic E-state index is 6.54. The molecule has 0 saturated heterocycles. The fraction of sp³-hybridized carbons (Fsp3) is 0. The summed E-state index contributed by atoms with van der Waals surface area (Å²) in [7, 11) is 0. The van der Waals surface area contributed by atoms with E-state index in [0.29, 0.717) is 0 Å². The minimum atomic E-state index is 0.906. The smallest absolute Gasteiger partial charge is 0.145 e. The third kappa shape index (κ3) is 3.87. The lowest BCUT2D eigenvalue weighted by Crippen LogP contribution is -1.97. The normalized spacial score (nSPS) is 11.6. The molecule has 206 valence electrons. The Kier molecular flexibility index (Phi) is 5.50. The van der Waals surface area contributed by atoms with Gasteiger partial charge in [0.1, 0.15) is 17.0 Å². The second-order valence-corrected chi connectivity index (χ2v) is 11.2. The molecule has 0 fully saturated rings. The fourth-order valence-corrected chi connectivity index (χ4v) is 6.54. The average Bonchev–Trinajstić information content (AvgIpc) is 3.66. The Labute approximate surface area is 254 Å². The molecular formula is C41H26N2O. The van der Waals surface area contributed by atoms with Gasteiger partial charge in [-0.1, -0.05) is 115 Å². The molecule has 0 radical (unpaired) electrons. The summed E-state index contributed by atoms with van der Waals surface area (Å²) >= 11 is 0. The van der Waals surface area contributed by atoms with Gasteiger partial charge in [-0.25, -0.2) is 4.98 Å². The third-order valence-corrected chi connectivity index (χ3v) is 8.58. The average molecular weight is 563 g/mol. The quantitative estimate of drug-likeness (QED) is 0.214. The topological polar surface area (TPSA) is 31.0 Å². The van der Waals surface area contributed by atoms with Crippen molar-refractivity contribution < 1.29 is 4.42 Å². The van der Waals surface area contributed by atoms with Crippen LogP contribution in [-0.2, 0) is 0 Å². The number of nitrogens with zero attached hydrogens (tertiary/aromatic N) is 2. The van der Waals surface area contributed by atoms with Crippen LogP contribution in [0.5, 0.6) is 0 Å². The van der Waals surface area contributed by atoms with Crippen LogP contribution in [0.25, 0.3) is 83.1 Å². The van der Waals surface area contributed by atoms with Gasteiger partial charge in [0.2, 0.25) is 0 Å². The number of aromatic nitrogens is 2. The second-order valence-electron chi connectivity index (χ2n) is 11.2. The van der Waals surface area contributed by atoms with Crippen molar-refractivity contribution in [3.8, 4) is 39.3 Å². The van der Waals surface area contributed by atoms with E-state index in [4.69, 9.17) is 9.40 Å². The fourth-order valence-electron chi connectivity index (χ4n) is 6.54. The van der Waals surface area contributed by atoms with Crippen molar-refractivity contribution in [1.82, 2.24) is 9.55 Å². The molecule has 0 aliphatic carbocycles. The van der Waals surface area contributed by atoms with E-state index < -0.39 is 0 Å². The summed E-state index contributed by atoms with van der Waals surface area (Å²) in [5.41, 5.74) is 10.6. The maximum Gasteiger partial charge on any atom is 0.145 e. The molecule has 0 atom stereocenters. The molecule has 9 aromatic rings. The van der Waals surface area contributed by atoms with Crippen molar-refractivity contribution >= 4 is 43.7 Å². The summed E-state index contributed by atoms with van der Waals surface area (Å²) < 4.78 is 8.79. The standard InChI is InChI=1S/C41H26N2O/c1-3-12-27(13-4-1)41-42-36-26-29(22-23-37(36)43(41)32-17-5-2-6-18-32)28-15-11-16-31(24-28)39-33-19-8-7-14-30(33)25-35-34-20-9-10-21-38(34)44-40(35)39/h1-26H. The van der Waals surface area contributed by atoms with Crippen LogP contribution in [0.1, 0.15) is 0 Å². The van der Waals surface area contributed by atoms with Gasteiger partial charge in [-0.15, -0.1) is 0 Å². The molecule has 0 unspecified atom stereocenters. The van der Waals surface area contributed by atoms with Crippen LogP contribution in [0.2, 0.25) is 0 Å². The van der Waals surface area contributed by atoms with Gasteiger partial charge in [0.25, 0.3) is 0 Å². The monoisotopic (exact) mass is 562 g/mol. The van der Waals surface area contributed by atoms with Gasteiger partial charge in [-0.2, -0.15) is 0 Å². The molecule has 0 bridgehead atoms. The van der Waals surface area contributed by atoms with Gasteiger partial charge in [0.15, 0.2) is 0 Å². The lowest BCUT2D eigenvalue weighted by atomic mass is 9.93. The molecule has 9 rings (SSSR count). The van der Waals surface area contributed by atoms with Crippen molar-refractivity contribution in [3.05, 3.63) is 158 Å². The summed E-state index contributed by atoms with van der Waals surface area (Å²) in [4.78, 5) is 5.18. The highest BCUT2D eigenvalue weighted by molar-refractivity contribution is 6.18. The highest BCUT2D eigenvalue weighted by Gasteiger charge is 2.18. The van der Waals surface area contributed by atoms with E-state index in [2.05, 4.69) is 138 Å². The van der Waals surface area contributed by atoms with Gasteiger partial charge in [0.05, 0.1) is 11.0 Å². The summed E-state index contributed by atoms with van der Waals surface area (Å²) in [6.45, 7) is 0. The van der Waals surface area contributed by atoms with Crippen molar-refractivity contribution in [2.45, 2.75) is 0 Å². The van der Waals surface area contributed by atoms with Crippen LogP contribution in [0.15, 0.2) is 162 Å². The zero-order valence-electron chi connectivity index (χ0n) is 23.8. The summed E-state index contributed by atoms with van der Waals surface area (Å²) in [6.07, 6.45) is 0. The van der Waals surface area contributed by atoms with Crippen LogP contribution in [0, 0.1) is 0 Å². The summed E-state index contributed by atoms with van der Waals surface area (Å²) in [6, 6.07) is 55.4. The first-order valence-corrected chi connectivity index (χ1v) is 14.9. The van der Waals surface area contributed by atoms with E-state index in [1.165, 1.54) is 10.8 Å². The van der Waals surface area contributed by atoms with Crippen LogP contribution >= 0.6 is 0 Å². The summed E-state index contributed by atoms with van der Waals surface area (Å²) in [5.74, 6) is 0.931. The van der Waals surface area contributed by atoms with E-state index in [9.17, 15) is 0 Å². The predicted molar refractivity (Wildman–Crippen MR) is 182 cm³/mol. The lowest BCUT2D eigenvalue weighted by Gasteiger charge is -2.11. The second kappa shape index (κ2) is 9.82. The number of hydrogen-bond donors (Lipinski definition) is 0. The maximum atomic E-state index is 6.54. The van der Waals surface area contributed by atoms with Crippen LogP contribution < -0.4 is 0 Å². The molecule has 0 aliphatic heterocycles. The number of fused-ring (bicyclic) bond motifs is 5. The van der Waals surface area contributed by atoms with Crippen molar-refractivity contribution in [2.75, 3.05) is 0 Å². The van der Waals surface area contributed by atoms with Crippen molar-refractivity contribution in [2.24, 2.45) is 0 Å². The van der Waals surface area contributed by atoms with E-state index >= 15 is 0 Å². The molecule has 2 heterocycles. The van der Waals surface area contributed by atoms with Crippen LogP contribution in [-0.4, -0.2) is 9.55 Å². The lowest BCUT2D eigenvalue weighted by molar-refractivity contribution is 0.670. The van der Waals surface area contributed by atoms with Crippen LogP contribution in [0.4, 0.5) is 0 Å². The van der Waals surface area contributed by atoms with Gasteiger partial charge < -0.3 is 4.42 Å². The zero-order valence-corrected chi connectivity index (χ0v) is 23.8. The number of imidazole rings is 1. The molecule has 3 nitrogen and oxygen atoms in total. The number of furan rings is 1. The third-order valence-electron chi connectivity index (χ3n) is 8.58. The molecule has 44 heavy (non-hydrogen) atoms. The first-order chi connectivity index (χ1) is 21.8. The molecule has 3 heteroatoms. The molecule has 0 amide bonds. The Morgan fingerprint density at radius 3 is 2.02 bits per heavy atom. The van der Waals surface area contributed by atoms with E-state index in [1.807, 2.05) is 24.3 Å². The SMILES string of the molecule is c1ccc(-c2nc3cc(-c4cccc(-c5c6ccccc6cc6c5oc5ccccc56)c4)ccc3n2-c2ccccc2)cc1. The number of rotatable bonds is 4.